The summed E-state index contributed by atoms with van der Waals surface area (Å²) in [5.74, 6) is 0.367. The molecule has 0 saturated heterocycles. The number of benzene rings is 1. The number of hydrogen-bond donors (Lipinski definition) is 1. The van der Waals surface area contributed by atoms with E-state index in [0.717, 1.165) is 10.0 Å². The quantitative estimate of drug-likeness (QED) is 0.912. The molecule has 1 aliphatic rings. The van der Waals surface area contributed by atoms with Crippen molar-refractivity contribution >= 4 is 27.8 Å². The van der Waals surface area contributed by atoms with E-state index in [-0.39, 0.29) is 18.1 Å². The van der Waals surface area contributed by atoms with Gasteiger partial charge in [0.2, 0.25) is 0 Å². The van der Waals surface area contributed by atoms with Crippen LogP contribution in [0, 0.1) is 0 Å². The molecule has 5 heteroatoms. The van der Waals surface area contributed by atoms with Crippen molar-refractivity contribution in [2.75, 3.05) is 0 Å². The largest absolute Gasteiger partial charge is 0.385 e. The van der Waals surface area contributed by atoms with Gasteiger partial charge in [-0.1, -0.05) is 28.1 Å². The molecule has 1 unspecified atom stereocenters. The van der Waals surface area contributed by atoms with E-state index < -0.39 is 0 Å². The van der Waals surface area contributed by atoms with Crippen LogP contribution in [0.4, 0.5) is 4.79 Å². The van der Waals surface area contributed by atoms with Crippen LogP contribution < -0.4 is 5.73 Å². The smallest absolute Gasteiger partial charge is 0.346 e. The minimum atomic E-state index is -0.259. The van der Waals surface area contributed by atoms with E-state index in [1.165, 1.54) is 0 Å². The average molecular weight is 296 g/mol. The SMILES string of the molecule is CC(C)N1C(=O)N=C(N)C1c1ccc(Br)cc1. The highest BCUT2D eigenvalue weighted by molar-refractivity contribution is 9.10. The second-order valence-corrected chi connectivity index (χ2v) is 5.19. The Morgan fingerprint density at radius 3 is 2.47 bits per heavy atom. The van der Waals surface area contributed by atoms with E-state index >= 15 is 0 Å². The van der Waals surface area contributed by atoms with Gasteiger partial charge >= 0.3 is 6.03 Å². The van der Waals surface area contributed by atoms with Gasteiger partial charge in [-0.15, -0.1) is 0 Å². The summed E-state index contributed by atoms with van der Waals surface area (Å²) in [5.41, 5.74) is 6.82. The Bertz CT molecular complexity index is 467. The van der Waals surface area contributed by atoms with Gasteiger partial charge in [-0.05, 0) is 31.5 Å². The molecule has 2 rings (SSSR count). The average Bonchev–Trinajstić information content (AvgIpc) is 2.55. The molecule has 0 spiro atoms. The van der Waals surface area contributed by atoms with Crippen LogP contribution in [0.3, 0.4) is 0 Å². The Kier molecular flexibility index (Phi) is 3.19. The number of carbonyl (C=O) groups excluding carboxylic acids is 1. The molecule has 0 aromatic heterocycles. The number of amides is 2. The third kappa shape index (κ3) is 2.20. The normalized spacial score (nSPS) is 20.0. The lowest BCUT2D eigenvalue weighted by Crippen LogP contribution is -2.38. The van der Waals surface area contributed by atoms with Crippen LogP contribution >= 0.6 is 15.9 Å². The van der Waals surface area contributed by atoms with E-state index in [4.69, 9.17) is 5.73 Å². The predicted octanol–water partition coefficient (Wildman–Crippen LogP) is 2.69. The van der Waals surface area contributed by atoms with Crippen molar-refractivity contribution in [2.45, 2.75) is 25.9 Å². The molecule has 2 amide bonds. The Labute approximate surface area is 109 Å². The van der Waals surface area contributed by atoms with Gasteiger partial charge in [0, 0.05) is 10.5 Å². The summed E-state index contributed by atoms with van der Waals surface area (Å²) in [6, 6.07) is 7.34. The summed E-state index contributed by atoms with van der Waals surface area (Å²) in [6.07, 6.45) is 0. The maximum Gasteiger partial charge on any atom is 0.346 e. The molecular formula is C12H14BrN3O. The van der Waals surface area contributed by atoms with Crippen molar-refractivity contribution in [2.24, 2.45) is 10.7 Å². The molecule has 90 valence electrons. The number of aliphatic imine (C=N–C) groups is 1. The molecule has 1 heterocycles. The van der Waals surface area contributed by atoms with Gasteiger partial charge < -0.3 is 10.6 Å². The number of nitrogens with two attached hydrogens (primary N) is 1. The Hall–Kier alpha value is -1.36. The number of urea groups is 1. The first kappa shape index (κ1) is 12.1. The fourth-order valence-corrected chi connectivity index (χ4v) is 2.24. The van der Waals surface area contributed by atoms with Gasteiger partial charge in [-0.2, -0.15) is 4.99 Å². The lowest BCUT2D eigenvalue weighted by molar-refractivity contribution is 0.190. The predicted molar refractivity (Wildman–Crippen MR) is 70.9 cm³/mol. The third-order valence-electron chi connectivity index (χ3n) is 2.75. The van der Waals surface area contributed by atoms with Crippen LogP contribution in [0.2, 0.25) is 0 Å². The monoisotopic (exact) mass is 295 g/mol. The first-order valence-electron chi connectivity index (χ1n) is 5.42. The summed E-state index contributed by atoms with van der Waals surface area (Å²) >= 11 is 3.38. The number of amidine groups is 1. The maximum absolute atomic E-state index is 11.7. The summed E-state index contributed by atoms with van der Waals surface area (Å²) in [7, 11) is 0. The highest BCUT2D eigenvalue weighted by Gasteiger charge is 2.35. The molecule has 0 radical (unpaired) electrons. The topological polar surface area (TPSA) is 58.7 Å². The molecule has 17 heavy (non-hydrogen) atoms. The molecule has 1 aromatic carbocycles. The van der Waals surface area contributed by atoms with Crippen LogP contribution in [-0.2, 0) is 0 Å². The minimum absolute atomic E-state index is 0.0703. The van der Waals surface area contributed by atoms with E-state index in [1.54, 1.807) is 4.90 Å². The highest BCUT2D eigenvalue weighted by atomic mass is 79.9. The molecule has 2 N–H and O–H groups in total. The fourth-order valence-electron chi connectivity index (χ4n) is 1.98. The van der Waals surface area contributed by atoms with Gasteiger partial charge in [-0.25, -0.2) is 4.79 Å². The van der Waals surface area contributed by atoms with Gasteiger partial charge in [-0.3, -0.25) is 0 Å². The Morgan fingerprint density at radius 1 is 1.35 bits per heavy atom. The summed E-state index contributed by atoms with van der Waals surface area (Å²) in [5, 5.41) is 0. The summed E-state index contributed by atoms with van der Waals surface area (Å²) < 4.78 is 0.997. The van der Waals surface area contributed by atoms with Crippen LogP contribution in [0.15, 0.2) is 33.7 Å². The van der Waals surface area contributed by atoms with Crippen LogP contribution in [0.5, 0.6) is 0 Å². The molecule has 0 fully saturated rings. The van der Waals surface area contributed by atoms with Gasteiger partial charge in [0.15, 0.2) is 0 Å². The molecule has 0 aliphatic carbocycles. The van der Waals surface area contributed by atoms with Crippen molar-refractivity contribution < 1.29 is 4.79 Å². The second-order valence-electron chi connectivity index (χ2n) is 4.27. The summed E-state index contributed by atoms with van der Waals surface area (Å²) in [4.78, 5) is 17.3. The van der Waals surface area contributed by atoms with Gasteiger partial charge in [0.1, 0.15) is 11.9 Å². The minimum Gasteiger partial charge on any atom is -0.385 e. The van der Waals surface area contributed by atoms with Crippen molar-refractivity contribution in [1.82, 2.24) is 4.90 Å². The Balaban J connectivity index is 2.39. The second kappa shape index (κ2) is 4.49. The van der Waals surface area contributed by atoms with Crippen LogP contribution in [-0.4, -0.2) is 22.8 Å². The van der Waals surface area contributed by atoms with Crippen LogP contribution in [0.25, 0.3) is 0 Å². The molecular weight excluding hydrogens is 282 g/mol. The van der Waals surface area contributed by atoms with E-state index in [1.807, 2.05) is 38.1 Å². The van der Waals surface area contributed by atoms with Crippen molar-refractivity contribution in [3.63, 3.8) is 0 Å². The molecule has 0 bridgehead atoms. The van der Waals surface area contributed by atoms with E-state index in [0.29, 0.717) is 5.84 Å². The van der Waals surface area contributed by atoms with Crippen LogP contribution in [0.1, 0.15) is 25.5 Å². The number of halogens is 1. The number of rotatable bonds is 2. The maximum atomic E-state index is 11.7. The molecule has 1 aromatic rings. The standard InChI is InChI=1S/C12H14BrN3O/c1-7(2)16-10(11(14)15-12(16)17)8-3-5-9(13)6-4-8/h3-7,10H,1-2H3,(H2,14,15,17). The molecule has 1 atom stereocenters. The molecule has 4 nitrogen and oxygen atoms in total. The molecule has 1 aliphatic heterocycles. The lowest BCUT2D eigenvalue weighted by atomic mass is 10.0. The lowest BCUT2D eigenvalue weighted by Gasteiger charge is -2.28. The van der Waals surface area contributed by atoms with Gasteiger partial charge in [0.25, 0.3) is 0 Å². The van der Waals surface area contributed by atoms with Crippen molar-refractivity contribution in [1.29, 1.82) is 0 Å². The number of carbonyl (C=O) groups is 1. The zero-order valence-electron chi connectivity index (χ0n) is 9.72. The highest BCUT2D eigenvalue weighted by Crippen LogP contribution is 2.29. The molecule has 0 saturated carbocycles. The Morgan fingerprint density at radius 2 is 1.94 bits per heavy atom. The van der Waals surface area contributed by atoms with Gasteiger partial charge in [0.05, 0.1) is 0 Å². The van der Waals surface area contributed by atoms with E-state index in [2.05, 4.69) is 20.9 Å². The number of hydrogen-bond acceptors (Lipinski definition) is 2. The van der Waals surface area contributed by atoms with Crippen molar-refractivity contribution in [3.05, 3.63) is 34.3 Å². The third-order valence-corrected chi connectivity index (χ3v) is 3.27. The zero-order chi connectivity index (χ0) is 12.6. The van der Waals surface area contributed by atoms with Crippen molar-refractivity contribution in [3.8, 4) is 0 Å². The van der Waals surface area contributed by atoms with E-state index in [9.17, 15) is 4.79 Å². The fraction of sp³-hybridized carbons (Fsp3) is 0.333. The first-order chi connectivity index (χ1) is 8.00. The number of nitrogens with zero attached hydrogens (tertiary/aromatic N) is 2. The summed E-state index contributed by atoms with van der Waals surface area (Å²) in [6.45, 7) is 3.91. The first-order valence-corrected chi connectivity index (χ1v) is 6.22. The zero-order valence-corrected chi connectivity index (χ0v) is 11.3.